The van der Waals surface area contributed by atoms with Gasteiger partial charge in [-0.25, -0.2) is 17.9 Å². The minimum atomic E-state index is -3.70. The van der Waals surface area contributed by atoms with Gasteiger partial charge in [-0.15, -0.1) is 0 Å². The number of piperazine rings is 1. The molecule has 38 heavy (non-hydrogen) atoms. The van der Waals surface area contributed by atoms with Gasteiger partial charge in [0.25, 0.3) is 0 Å². The molecular formula is C27H34N6O4S. The molecule has 2 aliphatic heterocycles. The lowest BCUT2D eigenvalue weighted by Gasteiger charge is -2.30. The number of carbonyl (C=O) groups excluding carboxylic acids is 1. The topological polar surface area (TPSA) is 109 Å². The van der Waals surface area contributed by atoms with Gasteiger partial charge in [0, 0.05) is 55.9 Å². The van der Waals surface area contributed by atoms with Crippen molar-refractivity contribution in [1.82, 2.24) is 24.7 Å². The Morgan fingerprint density at radius 2 is 1.92 bits per heavy atom. The Kier molecular flexibility index (Phi) is 6.53. The second-order valence-electron chi connectivity index (χ2n) is 10.8. The van der Waals surface area contributed by atoms with Crippen molar-refractivity contribution in [3.8, 4) is 0 Å². The van der Waals surface area contributed by atoms with Gasteiger partial charge in [0.2, 0.25) is 10.0 Å². The third-order valence-corrected chi connectivity index (χ3v) is 9.41. The van der Waals surface area contributed by atoms with Gasteiger partial charge in [0.05, 0.1) is 22.7 Å². The summed E-state index contributed by atoms with van der Waals surface area (Å²) in [4.78, 5) is 16.9. The Morgan fingerprint density at radius 1 is 1.16 bits per heavy atom. The van der Waals surface area contributed by atoms with Crippen LogP contribution in [0.3, 0.4) is 0 Å². The van der Waals surface area contributed by atoms with Gasteiger partial charge < -0.3 is 19.9 Å². The predicted molar refractivity (Wildman–Crippen MR) is 145 cm³/mol. The zero-order chi connectivity index (χ0) is 26.3. The van der Waals surface area contributed by atoms with Gasteiger partial charge in [-0.3, -0.25) is 4.68 Å². The highest BCUT2D eigenvalue weighted by atomic mass is 32.2. The molecule has 2 aromatic carbocycles. The Bertz CT molecular complexity index is 1430. The number of rotatable bonds is 7. The maximum atomic E-state index is 13.4. The summed E-state index contributed by atoms with van der Waals surface area (Å²) in [5, 5.41) is 9.00. The fourth-order valence-electron chi connectivity index (χ4n) is 5.31. The molecule has 6 rings (SSSR count). The molecular weight excluding hydrogens is 504 g/mol. The van der Waals surface area contributed by atoms with E-state index in [2.05, 4.69) is 14.9 Å². The van der Waals surface area contributed by atoms with E-state index >= 15 is 0 Å². The highest BCUT2D eigenvalue weighted by Crippen LogP contribution is 2.38. The van der Waals surface area contributed by atoms with Gasteiger partial charge in [0.1, 0.15) is 6.61 Å². The van der Waals surface area contributed by atoms with Crippen LogP contribution < -0.4 is 14.9 Å². The van der Waals surface area contributed by atoms with Crippen molar-refractivity contribution in [3.05, 3.63) is 54.2 Å². The number of nitrogens with zero attached hydrogens (tertiary/aromatic N) is 4. The molecule has 3 aliphatic rings. The maximum Gasteiger partial charge on any atom is 0.410 e. The van der Waals surface area contributed by atoms with E-state index < -0.39 is 10.0 Å². The first kappa shape index (κ1) is 25.1. The van der Waals surface area contributed by atoms with E-state index in [1.807, 2.05) is 48.1 Å². The number of fused-ring (bicyclic) bond motifs is 1. The van der Waals surface area contributed by atoms with E-state index in [4.69, 9.17) is 9.84 Å². The first-order chi connectivity index (χ1) is 18.3. The van der Waals surface area contributed by atoms with Crippen molar-refractivity contribution < 1.29 is 17.9 Å². The molecule has 3 heterocycles. The van der Waals surface area contributed by atoms with Crippen molar-refractivity contribution in [2.75, 3.05) is 44.2 Å². The molecule has 0 spiro atoms. The van der Waals surface area contributed by atoms with Crippen LogP contribution in [0.5, 0.6) is 0 Å². The van der Waals surface area contributed by atoms with Crippen LogP contribution in [-0.4, -0.2) is 74.0 Å². The second kappa shape index (κ2) is 9.87. The molecule has 11 heteroatoms. The average molecular weight is 539 g/mol. The van der Waals surface area contributed by atoms with Crippen LogP contribution >= 0.6 is 0 Å². The monoisotopic (exact) mass is 538 g/mol. The van der Waals surface area contributed by atoms with Crippen LogP contribution in [0.4, 0.5) is 10.5 Å². The summed E-state index contributed by atoms with van der Waals surface area (Å²) in [5.41, 5.74) is 2.23. The van der Waals surface area contributed by atoms with E-state index in [9.17, 15) is 13.2 Å². The van der Waals surface area contributed by atoms with E-state index in [1.54, 1.807) is 17.0 Å². The number of amides is 1. The van der Waals surface area contributed by atoms with E-state index in [0.29, 0.717) is 19.5 Å². The third kappa shape index (κ3) is 5.10. The second-order valence-corrected chi connectivity index (χ2v) is 12.5. The molecule has 1 aromatic heterocycles. The van der Waals surface area contributed by atoms with E-state index in [0.717, 1.165) is 61.2 Å². The molecule has 202 valence electrons. The normalized spacial score (nSPS) is 21.1. The number of likely N-dealkylation sites (tertiary alicyclic amines) is 1. The summed E-state index contributed by atoms with van der Waals surface area (Å²) in [7, 11) is -3.70. The van der Waals surface area contributed by atoms with Gasteiger partial charge >= 0.3 is 6.09 Å². The zero-order valence-corrected chi connectivity index (χ0v) is 22.4. The number of ether oxygens (including phenoxy) is 1. The number of anilines is 1. The van der Waals surface area contributed by atoms with Crippen LogP contribution in [0.2, 0.25) is 0 Å². The molecule has 0 radical (unpaired) electrons. The molecule has 2 N–H and O–H groups in total. The fourth-order valence-corrected chi connectivity index (χ4v) is 6.81. The van der Waals surface area contributed by atoms with Crippen molar-refractivity contribution >= 4 is 32.7 Å². The lowest BCUT2D eigenvalue weighted by atomic mass is 10.1. The molecule has 1 amide bonds. The van der Waals surface area contributed by atoms with Crippen LogP contribution in [0.25, 0.3) is 10.9 Å². The van der Waals surface area contributed by atoms with Gasteiger partial charge in [-0.1, -0.05) is 30.3 Å². The first-order valence-corrected chi connectivity index (χ1v) is 14.8. The van der Waals surface area contributed by atoms with Crippen molar-refractivity contribution in [2.24, 2.45) is 0 Å². The predicted octanol–water partition coefficient (Wildman–Crippen LogP) is 2.86. The van der Waals surface area contributed by atoms with Crippen molar-refractivity contribution in [1.29, 1.82) is 0 Å². The molecule has 1 atom stereocenters. The molecule has 3 fully saturated rings. The number of hydrogen-bond donors (Lipinski definition) is 2. The summed E-state index contributed by atoms with van der Waals surface area (Å²) < 4.78 is 37.1. The largest absolute Gasteiger partial charge is 0.445 e. The van der Waals surface area contributed by atoms with Crippen molar-refractivity contribution in [3.63, 3.8) is 0 Å². The molecule has 1 aliphatic carbocycles. The minimum Gasteiger partial charge on any atom is -0.445 e. The Balaban J connectivity index is 1.27. The summed E-state index contributed by atoms with van der Waals surface area (Å²) in [5.74, 6) is 0. The van der Waals surface area contributed by atoms with Crippen LogP contribution in [0, 0.1) is 0 Å². The zero-order valence-electron chi connectivity index (χ0n) is 21.6. The van der Waals surface area contributed by atoms with Crippen LogP contribution in [-0.2, 0) is 21.4 Å². The number of aromatic nitrogens is 2. The Hall–Kier alpha value is -3.15. The molecule has 3 aromatic rings. The number of benzene rings is 2. The molecule has 1 saturated carbocycles. The van der Waals surface area contributed by atoms with Crippen LogP contribution in [0.15, 0.2) is 53.6 Å². The quantitative estimate of drug-likeness (QED) is 0.476. The third-order valence-electron chi connectivity index (χ3n) is 7.79. The highest BCUT2D eigenvalue weighted by Gasteiger charge is 2.41. The highest BCUT2D eigenvalue weighted by molar-refractivity contribution is 7.89. The number of carbonyl (C=O) groups is 1. The van der Waals surface area contributed by atoms with Crippen molar-refractivity contribution in [2.45, 2.75) is 49.3 Å². The van der Waals surface area contributed by atoms with Gasteiger partial charge in [0.15, 0.2) is 0 Å². The lowest BCUT2D eigenvalue weighted by molar-refractivity contribution is 0.103. The number of hydrogen-bond acceptors (Lipinski definition) is 7. The molecule has 2 saturated heterocycles. The molecule has 1 unspecified atom stereocenters. The van der Waals surface area contributed by atoms with E-state index in [1.165, 1.54) is 0 Å². The SMILES string of the molecule is CC1(NS(=O)(=O)c2cc(N3CCNCC3)c3cnn(C4CCN(C(=O)OCc5ccccc5)C4)c3c2)CC1. The van der Waals surface area contributed by atoms with Gasteiger partial charge in [-0.05, 0) is 43.9 Å². The molecule has 10 nitrogen and oxygen atoms in total. The Morgan fingerprint density at radius 3 is 2.66 bits per heavy atom. The average Bonchev–Trinajstić information content (AvgIpc) is 3.30. The maximum absolute atomic E-state index is 13.4. The number of nitrogens with one attached hydrogen (secondary N) is 2. The molecule has 0 bridgehead atoms. The Labute approximate surface area is 223 Å². The lowest BCUT2D eigenvalue weighted by Crippen LogP contribution is -2.43. The summed E-state index contributed by atoms with van der Waals surface area (Å²) >= 11 is 0. The standard InChI is InChI=1S/C27H34N6O4S/c1-27(8-9-27)30-38(35,36)22-15-24(31-13-10-28-11-14-31)23-17-29-33(25(23)16-22)21-7-12-32(18-21)26(34)37-19-20-5-3-2-4-6-20/h2-6,15-17,21,28,30H,7-14,18-19H2,1H3. The summed E-state index contributed by atoms with van der Waals surface area (Å²) in [6.45, 7) is 6.44. The number of sulfonamides is 1. The summed E-state index contributed by atoms with van der Waals surface area (Å²) in [6.07, 6.45) is 3.88. The minimum absolute atomic E-state index is 0.0699. The first-order valence-electron chi connectivity index (χ1n) is 13.3. The van der Waals surface area contributed by atoms with E-state index in [-0.39, 0.29) is 29.2 Å². The van der Waals surface area contributed by atoms with Crippen LogP contribution in [0.1, 0.15) is 37.8 Å². The van der Waals surface area contributed by atoms with Gasteiger partial charge in [-0.2, -0.15) is 5.10 Å². The smallest absolute Gasteiger partial charge is 0.410 e. The summed E-state index contributed by atoms with van der Waals surface area (Å²) in [6, 6.07) is 13.1. The fraction of sp³-hybridized carbons (Fsp3) is 0.481.